The van der Waals surface area contributed by atoms with E-state index in [2.05, 4.69) is 10.3 Å². The number of amides is 1. The highest BCUT2D eigenvalue weighted by Crippen LogP contribution is 2.23. The molecule has 1 aliphatic carbocycles. The number of aromatic nitrogens is 1. The van der Waals surface area contributed by atoms with Gasteiger partial charge in [-0.3, -0.25) is 4.79 Å². The molecule has 4 nitrogen and oxygen atoms in total. The average Bonchev–Trinajstić information content (AvgIpc) is 2.46. The van der Waals surface area contributed by atoms with Crippen LogP contribution in [0, 0.1) is 5.92 Å². The minimum atomic E-state index is -0.0117. The second-order valence-corrected chi connectivity index (χ2v) is 5.48. The molecule has 0 saturated heterocycles. The molecule has 1 aromatic heterocycles. The topological polar surface area (TPSA) is 45.2 Å². The number of pyridine rings is 1. The van der Waals surface area contributed by atoms with Gasteiger partial charge in [-0.15, -0.1) is 0 Å². The van der Waals surface area contributed by atoms with Crippen LogP contribution in [0.4, 0.5) is 5.82 Å². The van der Waals surface area contributed by atoms with Crippen LogP contribution in [0.25, 0.3) is 0 Å². The third-order valence-corrected chi connectivity index (χ3v) is 3.73. The molecule has 0 unspecified atom stereocenters. The molecule has 1 N–H and O–H groups in total. The predicted octanol–water partition coefficient (Wildman–Crippen LogP) is 2.46. The summed E-state index contributed by atoms with van der Waals surface area (Å²) in [5.41, 5.74) is 0.656. The van der Waals surface area contributed by atoms with Crippen molar-refractivity contribution in [3.63, 3.8) is 0 Å². The van der Waals surface area contributed by atoms with Gasteiger partial charge in [-0.05, 0) is 30.9 Å². The zero-order valence-corrected chi connectivity index (χ0v) is 11.9. The van der Waals surface area contributed by atoms with Crippen LogP contribution in [-0.2, 0) is 0 Å². The van der Waals surface area contributed by atoms with Crippen molar-refractivity contribution in [1.29, 1.82) is 0 Å². The summed E-state index contributed by atoms with van der Waals surface area (Å²) in [6, 6.07) is 3.64. The summed E-state index contributed by atoms with van der Waals surface area (Å²) in [5.74, 6) is 1.36. The van der Waals surface area contributed by atoms with Crippen molar-refractivity contribution in [2.45, 2.75) is 32.1 Å². The van der Waals surface area contributed by atoms with Crippen molar-refractivity contribution >= 4 is 11.7 Å². The van der Waals surface area contributed by atoms with E-state index in [1.807, 2.05) is 31.1 Å². The van der Waals surface area contributed by atoms with Gasteiger partial charge < -0.3 is 10.2 Å². The maximum atomic E-state index is 12.2. The van der Waals surface area contributed by atoms with E-state index in [1.54, 1.807) is 6.20 Å². The van der Waals surface area contributed by atoms with Gasteiger partial charge in [-0.2, -0.15) is 0 Å². The fourth-order valence-electron chi connectivity index (χ4n) is 2.65. The Labute approximate surface area is 115 Å². The van der Waals surface area contributed by atoms with Gasteiger partial charge in [0.1, 0.15) is 5.82 Å². The lowest BCUT2D eigenvalue weighted by atomic mass is 9.89. The lowest BCUT2D eigenvalue weighted by Crippen LogP contribution is -2.31. The van der Waals surface area contributed by atoms with Crippen LogP contribution < -0.4 is 10.2 Å². The monoisotopic (exact) mass is 261 g/mol. The van der Waals surface area contributed by atoms with E-state index in [0.717, 1.165) is 12.4 Å². The van der Waals surface area contributed by atoms with Crippen molar-refractivity contribution < 1.29 is 4.79 Å². The first-order chi connectivity index (χ1) is 9.18. The third-order valence-electron chi connectivity index (χ3n) is 3.73. The van der Waals surface area contributed by atoms with Gasteiger partial charge in [0.25, 0.3) is 5.91 Å². The second-order valence-electron chi connectivity index (χ2n) is 5.48. The second kappa shape index (κ2) is 6.55. The number of nitrogens with zero attached hydrogens (tertiary/aromatic N) is 2. The summed E-state index contributed by atoms with van der Waals surface area (Å²) < 4.78 is 0. The van der Waals surface area contributed by atoms with Gasteiger partial charge in [0, 0.05) is 26.8 Å². The summed E-state index contributed by atoms with van der Waals surface area (Å²) in [7, 11) is 3.81. The summed E-state index contributed by atoms with van der Waals surface area (Å²) in [4.78, 5) is 18.4. The molecular formula is C15H23N3O. The molecule has 104 valence electrons. The molecule has 0 aliphatic heterocycles. The largest absolute Gasteiger partial charge is 0.362 e. The molecule has 1 saturated carbocycles. The minimum absolute atomic E-state index is 0.0117. The van der Waals surface area contributed by atoms with E-state index in [0.29, 0.717) is 11.5 Å². The maximum absolute atomic E-state index is 12.2. The number of hydrogen-bond acceptors (Lipinski definition) is 3. The average molecular weight is 261 g/mol. The Hall–Kier alpha value is -1.58. The van der Waals surface area contributed by atoms with Crippen LogP contribution in [0.1, 0.15) is 42.5 Å². The van der Waals surface area contributed by atoms with Crippen molar-refractivity contribution in [3.05, 3.63) is 23.9 Å². The summed E-state index contributed by atoms with van der Waals surface area (Å²) in [5, 5.41) is 3.06. The van der Waals surface area contributed by atoms with E-state index in [-0.39, 0.29) is 5.91 Å². The van der Waals surface area contributed by atoms with Crippen LogP contribution in [0.5, 0.6) is 0 Å². The number of carbonyl (C=O) groups is 1. The van der Waals surface area contributed by atoms with Crippen molar-refractivity contribution in [3.8, 4) is 0 Å². The summed E-state index contributed by atoms with van der Waals surface area (Å²) in [6.07, 6.45) is 8.15. The Bertz CT molecular complexity index is 425. The molecule has 19 heavy (non-hydrogen) atoms. The first-order valence-corrected chi connectivity index (χ1v) is 7.09. The Kier molecular flexibility index (Phi) is 4.77. The Balaban J connectivity index is 1.95. The van der Waals surface area contributed by atoms with E-state index in [9.17, 15) is 4.79 Å². The zero-order chi connectivity index (χ0) is 13.7. The fourth-order valence-corrected chi connectivity index (χ4v) is 2.65. The smallest absolute Gasteiger partial charge is 0.255 e. The number of nitrogens with one attached hydrogen (secondary N) is 1. The summed E-state index contributed by atoms with van der Waals surface area (Å²) in [6.45, 7) is 0.792. The normalized spacial score (nSPS) is 16.1. The quantitative estimate of drug-likeness (QED) is 0.905. The van der Waals surface area contributed by atoms with E-state index in [4.69, 9.17) is 0 Å². The third kappa shape index (κ3) is 3.69. The van der Waals surface area contributed by atoms with Crippen LogP contribution in [0.2, 0.25) is 0 Å². The molecule has 4 heteroatoms. The maximum Gasteiger partial charge on any atom is 0.255 e. The predicted molar refractivity (Wildman–Crippen MR) is 77.5 cm³/mol. The highest BCUT2D eigenvalue weighted by Gasteiger charge is 2.17. The first kappa shape index (κ1) is 13.8. The molecule has 1 aromatic rings. The van der Waals surface area contributed by atoms with Crippen LogP contribution in [-0.4, -0.2) is 31.5 Å². The van der Waals surface area contributed by atoms with E-state index < -0.39 is 0 Å². The number of anilines is 1. The van der Waals surface area contributed by atoms with Crippen LogP contribution in [0.3, 0.4) is 0 Å². The van der Waals surface area contributed by atoms with Crippen molar-refractivity contribution in [2.75, 3.05) is 25.5 Å². The summed E-state index contributed by atoms with van der Waals surface area (Å²) >= 11 is 0. The number of carbonyl (C=O) groups excluding carboxylic acids is 1. The Morgan fingerprint density at radius 2 is 2.11 bits per heavy atom. The van der Waals surface area contributed by atoms with Gasteiger partial charge >= 0.3 is 0 Å². The van der Waals surface area contributed by atoms with Crippen LogP contribution >= 0.6 is 0 Å². The van der Waals surface area contributed by atoms with Gasteiger partial charge in [0.2, 0.25) is 0 Å². The molecule has 0 spiro atoms. The number of hydrogen-bond donors (Lipinski definition) is 1. The van der Waals surface area contributed by atoms with Gasteiger partial charge in [0.15, 0.2) is 0 Å². The standard InChI is InChI=1S/C15H23N3O/c1-18(2)14-13(9-6-10-16-14)15(19)17-11-12-7-4-3-5-8-12/h6,9-10,12H,3-5,7-8,11H2,1-2H3,(H,17,19). The van der Waals surface area contributed by atoms with Gasteiger partial charge in [-0.1, -0.05) is 19.3 Å². The highest BCUT2D eigenvalue weighted by molar-refractivity contribution is 5.98. The minimum Gasteiger partial charge on any atom is -0.362 e. The molecule has 1 fully saturated rings. The SMILES string of the molecule is CN(C)c1ncccc1C(=O)NCC1CCCCC1. The van der Waals surface area contributed by atoms with E-state index in [1.165, 1.54) is 32.1 Å². The number of rotatable bonds is 4. The zero-order valence-electron chi connectivity index (χ0n) is 11.9. The van der Waals surface area contributed by atoms with Crippen molar-refractivity contribution in [1.82, 2.24) is 10.3 Å². The Morgan fingerprint density at radius 1 is 1.37 bits per heavy atom. The first-order valence-electron chi connectivity index (χ1n) is 7.09. The van der Waals surface area contributed by atoms with Gasteiger partial charge in [-0.25, -0.2) is 4.98 Å². The molecule has 1 amide bonds. The molecule has 1 aliphatic rings. The van der Waals surface area contributed by atoms with Crippen LogP contribution in [0.15, 0.2) is 18.3 Å². The molecule has 0 aromatic carbocycles. The fraction of sp³-hybridized carbons (Fsp3) is 0.600. The highest BCUT2D eigenvalue weighted by atomic mass is 16.1. The molecule has 0 bridgehead atoms. The molecule has 0 radical (unpaired) electrons. The molecular weight excluding hydrogens is 238 g/mol. The molecule has 1 heterocycles. The molecule has 2 rings (SSSR count). The van der Waals surface area contributed by atoms with Gasteiger partial charge in [0.05, 0.1) is 5.56 Å². The van der Waals surface area contributed by atoms with Crippen molar-refractivity contribution in [2.24, 2.45) is 5.92 Å². The molecule has 0 atom stereocenters. The van der Waals surface area contributed by atoms with E-state index >= 15 is 0 Å². The Morgan fingerprint density at radius 3 is 2.79 bits per heavy atom. The lowest BCUT2D eigenvalue weighted by molar-refractivity contribution is 0.0944. The lowest BCUT2D eigenvalue weighted by Gasteiger charge is -2.22.